The number of hydrogen-bond donors (Lipinski definition) is 2. The summed E-state index contributed by atoms with van der Waals surface area (Å²) in [6.07, 6.45) is -0.973. The first-order valence-corrected chi connectivity index (χ1v) is 17.4. The van der Waals surface area contributed by atoms with Crippen LogP contribution in [0.4, 0.5) is 26.3 Å². The number of halogens is 6. The third-order valence-corrected chi connectivity index (χ3v) is 10.4. The van der Waals surface area contributed by atoms with Crippen molar-refractivity contribution in [1.82, 2.24) is 15.5 Å². The van der Waals surface area contributed by atoms with Crippen molar-refractivity contribution in [2.24, 2.45) is 5.92 Å². The SMILES string of the molecule is CC1CC=CC2=C1C(CCCCN1CCC(NC(=O)c3ccccc3-c3ccc(C(F)(F)F)cc3)CC1)(C(=O)NCC(F)(F)F)c1ccccc12. The molecule has 1 aliphatic heterocycles. The van der Waals surface area contributed by atoms with Crippen LogP contribution in [-0.4, -0.2) is 55.1 Å². The first-order chi connectivity index (χ1) is 24.3. The zero-order valence-electron chi connectivity index (χ0n) is 28.3. The molecule has 1 saturated heterocycles. The summed E-state index contributed by atoms with van der Waals surface area (Å²) in [6, 6.07) is 19.1. The van der Waals surface area contributed by atoms with Crippen molar-refractivity contribution < 1.29 is 35.9 Å². The Kier molecular flexibility index (Phi) is 10.5. The Morgan fingerprint density at radius 1 is 0.863 bits per heavy atom. The third-order valence-electron chi connectivity index (χ3n) is 10.4. The molecular weight excluding hydrogens is 668 g/mol. The first kappa shape index (κ1) is 36.4. The van der Waals surface area contributed by atoms with Gasteiger partial charge >= 0.3 is 12.4 Å². The van der Waals surface area contributed by atoms with E-state index in [1.165, 1.54) is 12.1 Å². The van der Waals surface area contributed by atoms with Crippen LogP contribution in [-0.2, 0) is 16.4 Å². The Hall–Kier alpha value is -4.38. The molecule has 51 heavy (non-hydrogen) atoms. The summed E-state index contributed by atoms with van der Waals surface area (Å²) in [5.41, 5.74) is 3.06. The number of rotatable bonds is 10. The lowest BCUT2D eigenvalue weighted by Crippen LogP contribution is -2.49. The second-order valence-corrected chi connectivity index (χ2v) is 13.8. The van der Waals surface area contributed by atoms with E-state index in [2.05, 4.69) is 21.6 Å². The van der Waals surface area contributed by atoms with Crippen molar-refractivity contribution in [3.63, 3.8) is 0 Å². The third kappa shape index (κ3) is 7.78. The number of fused-ring (bicyclic) bond motifs is 2. The van der Waals surface area contributed by atoms with Crippen LogP contribution < -0.4 is 10.6 Å². The molecule has 270 valence electrons. The minimum atomic E-state index is -4.52. The number of alkyl halides is 6. The van der Waals surface area contributed by atoms with Crippen molar-refractivity contribution in [2.45, 2.75) is 69.3 Å². The van der Waals surface area contributed by atoms with Crippen LogP contribution in [0.25, 0.3) is 16.7 Å². The zero-order chi connectivity index (χ0) is 36.4. The van der Waals surface area contributed by atoms with Gasteiger partial charge in [-0.1, -0.05) is 80.1 Å². The quantitative estimate of drug-likeness (QED) is 0.164. The van der Waals surface area contributed by atoms with Crippen molar-refractivity contribution >= 4 is 17.4 Å². The van der Waals surface area contributed by atoms with Gasteiger partial charge in [0.15, 0.2) is 0 Å². The fraction of sp³-hybridized carbons (Fsp3) is 0.400. The van der Waals surface area contributed by atoms with Crippen molar-refractivity contribution in [3.05, 3.63) is 113 Å². The first-order valence-electron chi connectivity index (χ1n) is 17.4. The molecule has 1 heterocycles. The lowest BCUT2D eigenvalue weighted by molar-refractivity contribution is -0.141. The molecule has 0 bridgehead atoms. The number of amides is 2. The molecule has 2 N–H and O–H groups in total. The highest BCUT2D eigenvalue weighted by Crippen LogP contribution is 2.54. The highest BCUT2D eigenvalue weighted by Gasteiger charge is 2.52. The summed E-state index contributed by atoms with van der Waals surface area (Å²) < 4.78 is 79.0. The van der Waals surface area contributed by atoms with Gasteiger partial charge in [-0.05, 0) is 96.2 Å². The van der Waals surface area contributed by atoms with Gasteiger partial charge in [-0.3, -0.25) is 9.59 Å². The molecule has 1 fully saturated rings. The van der Waals surface area contributed by atoms with Crippen molar-refractivity contribution in [2.75, 3.05) is 26.2 Å². The molecule has 2 atom stereocenters. The lowest BCUT2D eigenvalue weighted by atomic mass is 9.67. The molecule has 2 aliphatic carbocycles. The van der Waals surface area contributed by atoms with Gasteiger partial charge in [0, 0.05) is 24.7 Å². The van der Waals surface area contributed by atoms with E-state index in [9.17, 15) is 35.9 Å². The molecule has 6 rings (SSSR count). The Bertz CT molecular complexity index is 1810. The van der Waals surface area contributed by atoms with E-state index < -0.39 is 35.8 Å². The van der Waals surface area contributed by atoms with Crippen LogP contribution in [0, 0.1) is 5.92 Å². The minimum absolute atomic E-state index is 0.00479. The molecule has 2 unspecified atom stereocenters. The molecule has 3 aromatic carbocycles. The van der Waals surface area contributed by atoms with Crippen LogP contribution in [0.2, 0.25) is 0 Å². The number of likely N-dealkylation sites (tertiary alicyclic amines) is 1. The fourth-order valence-electron chi connectivity index (χ4n) is 8.00. The average Bonchev–Trinajstić information content (AvgIpc) is 3.40. The number of allylic oxidation sites excluding steroid dienone is 3. The van der Waals surface area contributed by atoms with Crippen LogP contribution >= 0.6 is 0 Å². The van der Waals surface area contributed by atoms with Crippen LogP contribution in [0.5, 0.6) is 0 Å². The fourth-order valence-corrected chi connectivity index (χ4v) is 8.00. The molecule has 3 aromatic rings. The van der Waals surface area contributed by atoms with Gasteiger partial charge in [0.2, 0.25) is 5.91 Å². The van der Waals surface area contributed by atoms with Gasteiger partial charge in [-0.15, -0.1) is 0 Å². The Balaban J connectivity index is 1.06. The number of carbonyl (C=O) groups excluding carboxylic acids is 2. The summed E-state index contributed by atoms with van der Waals surface area (Å²) in [5.74, 6) is -0.878. The number of hydrogen-bond acceptors (Lipinski definition) is 3. The van der Waals surface area contributed by atoms with Gasteiger partial charge in [0.1, 0.15) is 6.54 Å². The summed E-state index contributed by atoms with van der Waals surface area (Å²) in [6.45, 7) is 2.88. The Morgan fingerprint density at radius 2 is 1.53 bits per heavy atom. The van der Waals surface area contributed by atoms with E-state index in [4.69, 9.17) is 0 Å². The molecule has 0 saturated carbocycles. The maximum absolute atomic E-state index is 13.9. The Morgan fingerprint density at radius 3 is 2.22 bits per heavy atom. The summed E-state index contributed by atoms with van der Waals surface area (Å²) in [5, 5.41) is 5.34. The normalized spacial score (nSPS) is 21.0. The largest absolute Gasteiger partial charge is 0.416 e. The van der Waals surface area contributed by atoms with E-state index in [1.54, 1.807) is 24.3 Å². The molecule has 11 heteroatoms. The van der Waals surface area contributed by atoms with Gasteiger partial charge < -0.3 is 15.5 Å². The number of benzene rings is 3. The summed E-state index contributed by atoms with van der Waals surface area (Å²) >= 11 is 0. The van der Waals surface area contributed by atoms with E-state index in [-0.39, 0.29) is 17.9 Å². The van der Waals surface area contributed by atoms with Crippen molar-refractivity contribution in [3.8, 4) is 11.1 Å². The Labute approximate surface area is 293 Å². The minimum Gasteiger partial charge on any atom is -0.349 e. The monoisotopic (exact) mass is 709 g/mol. The van der Waals surface area contributed by atoms with Gasteiger partial charge in [-0.25, -0.2) is 0 Å². The second kappa shape index (κ2) is 14.7. The maximum atomic E-state index is 13.9. The number of nitrogens with one attached hydrogen (secondary N) is 2. The van der Waals surface area contributed by atoms with Crippen LogP contribution in [0.1, 0.15) is 72.5 Å². The predicted octanol–water partition coefficient (Wildman–Crippen LogP) is 8.72. The molecule has 5 nitrogen and oxygen atoms in total. The van der Waals surface area contributed by atoms with E-state index >= 15 is 0 Å². The number of unbranched alkanes of at least 4 members (excludes halogenated alkanes) is 1. The standard InChI is InChI=1S/C40H41F6N3O2/c1-26-9-8-13-32-31-11-4-5-14-34(31)38(35(26)32,37(51)47-25-39(41,42)43)21-6-7-22-49-23-19-29(20-24-49)48-36(50)33-12-3-2-10-30(33)27-15-17-28(18-16-27)40(44,45)46/h2-5,8,10-18,26,29H,6-7,9,19-25H2,1H3,(H,47,51)(H,48,50). The van der Waals surface area contributed by atoms with E-state index in [0.717, 1.165) is 60.5 Å². The van der Waals surface area contributed by atoms with E-state index in [0.29, 0.717) is 48.8 Å². The van der Waals surface area contributed by atoms with Gasteiger partial charge in [-0.2, -0.15) is 26.3 Å². The summed E-state index contributed by atoms with van der Waals surface area (Å²) in [4.78, 5) is 29.5. The zero-order valence-corrected chi connectivity index (χ0v) is 28.3. The highest BCUT2D eigenvalue weighted by molar-refractivity contribution is 6.02. The topological polar surface area (TPSA) is 61.4 Å². The lowest BCUT2D eigenvalue weighted by Gasteiger charge is -2.37. The van der Waals surface area contributed by atoms with Crippen LogP contribution in [0.15, 0.2) is 90.5 Å². The molecule has 2 amide bonds. The van der Waals surface area contributed by atoms with Gasteiger partial charge in [0.25, 0.3) is 5.91 Å². The number of piperidine rings is 1. The number of carbonyl (C=O) groups is 2. The van der Waals surface area contributed by atoms with E-state index in [1.807, 2.05) is 37.3 Å². The van der Waals surface area contributed by atoms with Crippen LogP contribution in [0.3, 0.4) is 0 Å². The van der Waals surface area contributed by atoms with Crippen molar-refractivity contribution in [1.29, 1.82) is 0 Å². The van der Waals surface area contributed by atoms with Gasteiger partial charge in [0.05, 0.1) is 11.0 Å². The molecule has 0 spiro atoms. The average molecular weight is 710 g/mol. The molecule has 0 radical (unpaired) electrons. The summed E-state index contributed by atoms with van der Waals surface area (Å²) in [7, 11) is 0. The smallest absolute Gasteiger partial charge is 0.349 e. The second-order valence-electron chi connectivity index (χ2n) is 13.8. The predicted molar refractivity (Wildman–Crippen MR) is 185 cm³/mol. The maximum Gasteiger partial charge on any atom is 0.416 e. The molecule has 3 aliphatic rings. The molecule has 0 aromatic heterocycles. The number of nitrogens with zero attached hydrogens (tertiary/aromatic N) is 1. The highest BCUT2D eigenvalue weighted by atomic mass is 19.4. The molecular formula is C40H41F6N3O2.